The number of nitrogens with zero attached hydrogens (tertiary/aromatic N) is 2. The van der Waals surface area contributed by atoms with E-state index in [-0.39, 0.29) is 5.82 Å². The highest BCUT2D eigenvalue weighted by Gasteiger charge is 2.16. The van der Waals surface area contributed by atoms with Gasteiger partial charge in [-0.05, 0) is 29.3 Å². The second-order valence-electron chi connectivity index (χ2n) is 2.88. The van der Waals surface area contributed by atoms with Gasteiger partial charge >= 0.3 is 5.82 Å². The van der Waals surface area contributed by atoms with Crippen LogP contribution in [-0.4, -0.2) is 14.5 Å². The van der Waals surface area contributed by atoms with E-state index >= 15 is 0 Å². The molecule has 6 heteroatoms. The maximum absolute atomic E-state index is 10.7. The molecule has 2 aromatic rings. The Bertz CT molecular complexity index is 544. The SMILES string of the molecule is O=[N+]([O-])c1c[nH]c(=S)n1-c1ccccc1. The van der Waals surface area contributed by atoms with Gasteiger partial charge in [-0.2, -0.15) is 4.57 Å². The maximum Gasteiger partial charge on any atom is 0.346 e. The van der Waals surface area contributed by atoms with Crippen LogP contribution in [0.25, 0.3) is 5.69 Å². The lowest BCUT2D eigenvalue weighted by Gasteiger charge is -1.98. The molecule has 0 fully saturated rings. The lowest BCUT2D eigenvalue weighted by atomic mass is 10.3. The van der Waals surface area contributed by atoms with Gasteiger partial charge in [0.05, 0.1) is 0 Å². The summed E-state index contributed by atoms with van der Waals surface area (Å²) >= 11 is 4.98. The Labute approximate surface area is 90.1 Å². The number of aromatic amines is 1. The Kier molecular flexibility index (Phi) is 2.34. The minimum Gasteiger partial charge on any atom is -0.358 e. The smallest absolute Gasteiger partial charge is 0.346 e. The van der Waals surface area contributed by atoms with E-state index in [0.717, 1.165) is 0 Å². The highest BCUT2D eigenvalue weighted by Crippen LogP contribution is 2.17. The number of rotatable bonds is 2. The molecule has 5 nitrogen and oxygen atoms in total. The molecule has 0 amide bonds. The first-order valence-electron chi connectivity index (χ1n) is 4.20. The van der Waals surface area contributed by atoms with Crippen LogP contribution in [0.3, 0.4) is 0 Å². The van der Waals surface area contributed by atoms with Crippen LogP contribution in [0.15, 0.2) is 36.5 Å². The standard InChI is InChI=1S/C9H7N3O2S/c13-12(14)8-6-10-9(15)11(8)7-4-2-1-3-5-7/h1-6H,(H,10,15). The van der Waals surface area contributed by atoms with Crippen LogP contribution in [0, 0.1) is 14.9 Å². The van der Waals surface area contributed by atoms with Crippen molar-refractivity contribution in [2.75, 3.05) is 0 Å². The molecule has 1 aromatic heterocycles. The molecule has 0 saturated heterocycles. The fourth-order valence-corrected chi connectivity index (χ4v) is 1.58. The number of benzene rings is 1. The van der Waals surface area contributed by atoms with Gasteiger partial charge in [0.2, 0.25) is 0 Å². The van der Waals surface area contributed by atoms with Crippen molar-refractivity contribution < 1.29 is 4.92 Å². The van der Waals surface area contributed by atoms with Crippen molar-refractivity contribution in [3.63, 3.8) is 0 Å². The van der Waals surface area contributed by atoms with Crippen LogP contribution < -0.4 is 0 Å². The van der Waals surface area contributed by atoms with E-state index < -0.39 is 4.92 Å². The van der Waals surface area contributed by atoms with Crippen molar-refractivity contribution in [1.82, 2.24) is 9.55 Å². The topological polar surface area (TPSA) is 63.9 Å². The number of hydrogen-bond acceptors (Lipinski definition) is 3. The van der Waals surface area contributed by atoms with Crippen molar-refractivity contribution in [1.29, 1.82) is 0 Å². The fraction of sp³-hybridized carbons (Fsp3) is 0. The van der Waals surface area contributed by atoms with Crippen LogP contribution in [0.4, 0.5) is 5.82 Å². The van der Waals surface area contributed by atoms with E-state index in [1.165, 1.54) is 10.8 Å². The first kappa shape index (κ1) is 9.60. The Balaban J connectivity index is 2.67. The molecule has 2 rings (SSSR count). The summed E-state index contributed by atoms with van der Waals surface area (Å²) in [7, 11) is 0. The molecule has 15 heavy (non-hydrogen) atoms. The Morgan fingerprint density at radius 2 is 2.00 bits per heavy atom. The van der Waals surface area contributed by atoms with E-state index in [1.54, 1.807) is 24.3 Å². The van der Waals surface area contributed by atoms with E-state index in [1.807, 2.05) is 6.07 Å². The van der Waals surface area contributed by atoms with Crippen LogP contribution in [0.2, 0.25) is 0 Å². The Hall–Kier alpha value is -1.95. The maximum atomic E-state index is 10.7. The highest BCUT2D eigenvalue weighted by molar-refractivity contribution is 7.71. The molecule has 0 unspecified atom stereocenters. The summed E-state index contributed by atoms with van der Waals surface area (Å²) in [6.45, 7) is 0. The normalized spacial score (nSPS) is 10.1. The molecule has 0 aliphatic carbocycles. The van der Waals surface area contributed by atoms with Gasteiger partial charge in [-0.25, -0.2) is 0 Å². The highest BCUT2D eigenvalue weighted by atomic mass is 32.1. The minimum absolute atomic E-state index is 0.0637. The van der Waals surface area contributed by atoms with Crippen molar-refractivity contribution in [2.45, 2.75) is 0 Å². The molecule has 0 saturated carbocycles. The zero-order chi connectivity index (χ0) is 10.8. The fourth-order valence-electron chi connectivity index (χ4n) is 1.32. The van der Waals surface area contributed by atoms with Crippen molar-refractivity contribution >= 4 is 18.0 Å². The van der Waals surface area contributed by atoms with Crippen LogP contribution in [0.1, 0.15) is 0 Å². The average molecular weight is 221 g/mol. The van der Waals surface area contributed by atoms with E-state index in [4.69, 9.17) is 12.2 Å². The van der Waals surface area contributed by atoms with E-state index in [0.29, 0.717) is 10.5 Å². The second-order valence-corrected chi connectivity index (χ2v) is 3.27. The number of H-pyrrole nitrogens is 1. The number of aromatic nitrogens is 2. The molecule has 1 N–H and O–H groups in total. The number of imidazole rings is 1. The van der Waals surface area contributed by atoms with Crippen molar-refractivity contribution in [3.05, 3.63) is 51.4 Å². The molecular weight excluding hydrogens is 214 g/mol. The lowest BCUT2D eigenvalue weighted by molar-refractivity contribution is -0.391. The zero-order valence-corrected chi connectivity index (χ0v) is 8.40. The van der Waals surface area contributed by atoms with Gasteiger partial charge in [-0.3, -0.25) is 0 Å². The predicted molar refractivity (Wildman–Crippen MR) is 57.6 cm³/mol. The third kappa shape index (κ3) is 1.66. The third-order valence-corrected chi connectivity index (χ3v) is 2.26. The Morgan fingerprint density at radius 3 is 2.60 bits per heavy atom. The predicted octanol–water partition coefficient (Wildman–Crippen LogP) is 2.44. The summed E-state index contributed by atoms with van der Waals surface area (Å²) in [5, 5.41) is 10.7. The molecule has 1 heterocycles. The van der Waals surface area contributed by atoms with Gasteiger partial charge in [0, 0.05) is 0 Å². The van der Waals surface area contributed by atoms with Crippen LogP contribution in [0.5, 0.6) is 0 Å². The van der Waals surface area contributed by atoms with Gasteiger partial charge < -0.3 is 15.1 Å². The molecule has 76 valence electrons. The van der Waals surface area contributed by atoms with Gasteiger partial charge in [-0.1, -0.05) is 18.2 Å². The second kappa shape index (κ2) is 3.66. The molecule has 0 spiro atoms. The van der Waals surface area contributed by atoms with E-state index in [2.05, 4.69) is 4.98 Å². The average Bonchev–Trinajstić information content (AvgIpc) is 2.61. The molecule has 0 aliphatic heterocycles. The number of para-hydroxylation sites is 1. The largest absolute Gasteiger partial charge is 0.358 e. The summed E-state index contributed by atoms with van der Waals surface area (Å²) in [5.41, 5.74) is 0.676. The molecule has 1 aromatic carbocycles. The van der Waals surface area contributed by atoms with Gasteiger partial charge in [0.15, 0.2) is 0 Å². The third-order valence-electron chi connectivity index (χ3n) is 1.96. The summed E-state index contributed by atoms with van der Waals surface area (Å²) in [4.78, 5) is 12.9. The van der Waals surface area contributed by atoms with Gasteiger partial charge in [0.1, 0.15) is 11.9 Å². The Morgan fingerprint density at radius 1 is 1.33 bits per heavy atom. The van der Waals surface area contributed by atoms with Crippen LogP contribution in [-0.2, 0) is 0 Å². The summed E-state index contributed by atoms with van der Waals surface area (Å²) in [6, 6.07) is 8.96. The lowest BCUT2D eigenvalue weighted by Crippen LogP contribution is -1.99. The summed E-state index contributed by atoms with van der Waals surface area (Å²) < 4.78 is 1.70. The van der Waals surface area contributed by atoms with Gasteiger partial charge in [0.25, 0.3) is 4.77 Å². The summed E-state index contributed by atoms with van der Waals surface area (Å²) in [5.74, 6) is -0.0637. The quantitative estimate of drug-likeness (QED) is 0.481. The van der Waals surface area contributed by atoms with Crippen molar-refractivity contribution in [3.8, 4) is 5.69 Å². The number of nitrogens with one attached hydrogen (secondary N) is 1. The number of nitro groups is 1. The molecular formula is C9H7N3O2S. The zero-order valence-electron chi connectivity index (χ0n) is 7.58. The van der Waals surface area contributed by atoms with Crippen LogP contribution >= 0.6 is 12.2 Å². The molecule has 0 aliphatic rings. The monoisotopic (exact) mass is 221 g/mol. The van der Waals surface area contributed by atoms with Gasteiger partial charge in [-0.15, -0.1) is 0 Å². The summed E-state index contributed by atoms with van der Waals surface area (Å²) in [6.07, 6.45) is 1.29. The molecule has 0 radical (unpaired) electrons. The molecule has 0 atom stereocenters. The first-order chi connectivity index (χ1) is 7.20. The van der Waals surface area contributed by atoms with Crippen molar-refractivity contribution in [2.24, 2.45) is 0 Å². The van der Waals surface area contributed by atoms with E-state index in [9.17, 15) is 10.1 Å². The minimum atomic E-state index is -0.473. The first-order valence-corrected chi connectivity index (χ1v) is 4.61. The number of hydrogen-bond donors (Lipinski definition) is 1. The molecule has 0 bridgehead atoms.